The Bertz CT molecular complexity index is 594. The molecule has 2 aromatic carbocycles. The van der Waals surface area contributed by atoms with E-state index in [1.54, 1.807) is 0 Å². The monoisotopic (exact) mass is 270 g/mol. The second-order valence-electron chi connectivity index (χ2n) is 3.78. The minimum absolute atomic E-state index is 0.0140. The van der Waals surface area contributed by atoms with Crippen LogP contribution in [0.25, 0.3) is 0 Å². The molecule has 0 radical (unpaired) electrons. The molecule has 0 aromatic heterocycles. The molecule has 19 heavy (non-hydrogen) atoms. The Labute approximate surface area is 106 Å². The summed E-state index contributed by atoms with van der Waals surface area (Å²) in [7, 11) is 0. The van der Waals surface area contributed by atoms with E-state index in [1.165, 1.54) is 24.3 Å². The van der Waals surface area contributed by atoms with Gasteiger partial charge in [-0.1, -0.05) is 6.07 Å². The van der Waals surface area contributed by atoms with E-state index >= 15 is 0 Å². The average molecular weight is 270 g/mol. The average Bonchev–Trinajstić information content (AvgIpc) is 2.33. The maximum absolute atomic E-state index is 12.5. The second-order valence-corrected chi connectivity index (χ2v) is 3.78. The fraction of sp³-hybridized carbons (Fsp3) is 0.0769. The lowest BCUT2D eigenvalue weighted by Crippen LogP contribution is -2.04. The molecule has 0 amide bonds. The van der Waals surface area contributed by atoms with Gasteiger partial charge in [-0.2, -0.15) is 13.2 Å². The maximum atomic E-state index is 12.5. The van der Waals surface area contributed by atoms with Crippen molar-refractivity contribution in [3.63, 3.8) is 0 Å². The predicted molar refractivity (Wildman–Crippen MR) is 61.3 cm³/mol. The molecule has 0 bridgehead atoms. The van der Waals surface area contributed by atoms with Crippen molar-refractivity contribution in [1.29, 1.82) is 0 Å². The third kappa shape index (κ3) is 3.09. The third-order valence-corrected chi connectivity index (χ3v) is 2.34. The van der Waals surface area contributed by atoms with E-state index in [0.29, 0.717) is 0 Å². The molecule has 2 N–H and O–H groups in total. The molecule has 0 aliphatic carbocycles. The predicted octanol–water partition coefficient (Wildman–Crippen LogP) is 3.91. The quantitative estimate of drug-likeness (QED) is 0.813. The number of hydrogen-bond donors (Lipinski definition) is 2. The van der Waals surface area contributed by atoms with Crippen LogP contribution in [-0.2, 0) is 6.18 Å². The van der Waals surface area contributed by atoms with Crippen LogP contribution in [0.4, 0.5) is 13.2 Å². The van der Waals surface area contributed by atoms with Crippen LogP contribution in [0.1, 0.15) is 5.56 Å². The van der Waals surface area contributed by atoms with E-state index in [-0.39, 0.29) is 17.2 Å². The molecule has 0 heterocycles. The number of hydrogen-bond acceptors (Lipinski definition) is 3. The van der Waals surface area contributed by atoms with Crippen LogP contribution in [0, 0.1) is 0 Å². The van der Waals surface area contributed by atoms with Gasteiger partial charge in [-0.05, 0) is 30.3 Å². The first kappa shape index (κ1) is 13.1. The van der Waals surface area contributed by atoms with Crippen molar-refractivity contribution in [3.8, 4) is 23.0 Å². The Morgan fingerprint density at radius 2 is 1.53 bits per heavy atom. The van der Waals surface area contributed by atoms with Crippen molar-refractivity contribution < 1.29 is 28.1 Å². The smallest absolute Gasteiger partial charge is 0.416 e. The van der Waals surface area contributed by atoms with E-state index < -0.39 is 17.5 Å². The Kier molecular flexibility index (Phi) is 3.25. The van der Waals surface area contributed by atoms with Crippen LogP contribution >= 0.6 is 0 Å². The van der Waals surface area contributed by atoms with Gasteiger partial charge in [-0.3, -0.25) is 0 Å². The van der Waals surface area contributed by atoms with Crippen LogP contribution < -0.4 is 4.74 Å². The SMILES string of the molecule is Oc1ccc(Oc2cccc(C(F)(F)F)c2)cc1O. The van der Waals surface area contributed by atoms with Crippen LogP contribution in [0.5, 0.6) is 23.0 Å². The maximum Gasteiger partial charge on any atom is 0.416 e. The molecule has 0 spiro atoms. The minimum atomic E-state index is -4.45. The highest BCUT2D eigenvalue weighted by atomic mass is 19.4. The fourth-order valence-corrected chi connectivity index (χ4v) is 1.44. The van der Waals surface area contributed by atoms with Crippen LogP contribution in [0.2, 0.25) is 0 Å². The van der Waals surface area contributed by atoms with Gasteiger partial charge < -0.3 is 14.9 Å². The fourth-order valence-electron chi connectivity index (χ4n) is 1.44. The van der Waals surface area contributed by atoms with Gasteiger partial charge in [0.1, 0.15) is 11.5 Å². The number of ether oxygens (including phenoxy) is 1. The molecule has 0 unspecified atom stereocenters. The van der Waals surface area contributed by atoms with E-state index in [2.05, 4.69) is 0 Å². The van der Waals surface area contributed by atoms with Crippen LogP contribution in [0.15, 0.2) is 42.5 Å². The summed E-state index contributed by atoms with van der Waals surface area (Å²) < 4.78 is 42.7. The first-order valence-electron chi connectivity index (χ1n) is 5.23. The van der Waals surface area contributed by atoms with Crippen LogP contribution in [-0.4, -0.2) is 10.2 Å². The van der Waals surface area contributed by atoms with Gasteiger partial charge in [-0.25, -0.2) is 0 Å². The Hall–Kier alpha value is -2.37. The zero-order valence-corrected chi connectivity index (χ0v) is 9.48. The Morgan fingerprint density at radius 3 is 2.16 bits per heavy atom. The molecule has 0 aliphatic rings. The number of rotatable bonds is 2. The zero-order valence-electron chi connectivity index (χ0n) is 9.48. The lowest BCUT2D eigenvalue weighted by Gasteiger charge is -2.10. The van der Waals surface area contributed by atoms with E-state index in [1.807, 2.05) is 0 Å². The largest absolute Gasteiger partial charge is 0.504 e. The molecule has 3 nitrogen and oxygen atoms in total. The first-order chi connectivity index (χ1) is 8.86. The molecule has 6 heteroatoms. The molecule has 0 saturated carbocycles. The van der Waals surface area contributed by atoms with Gasteiger partial charge in [0, 0.05) is 6.07 Å². The number of benzene rings is 2. The normalized spacial score (nSPS) is 11.3. The summed E-state index contributed by atoms with van der Waals surface area (Å²) in [6.45, 7) is 0. The highest BCUT2D eigenvalue weighted by Crippen LogP contribution is 2.34. The summed E-state index contributed by atoms with van der Waals surface area (Å²) in [5.41, 5.74) is -0.826. The number of phenols is 2. The van der Waals surface area contributed by atoms with Gasteiger partial charge in [0.05, 0.1) is 5.56 Å². The van der Waals surface area contributed by atoms with Gasteiger partial charge in [0.2, 0.25) is 0 Å². The van der Waals surface area contributed by atoms with Gasteiger partial charge in [0.25, 0.3) is 0 Å². The zero-order chi connectivity index (χ0) is 14.0. The molecule has 0 atom stereocenters. The molecule has 2 rings (SSSR count). The van der Waals surface area contributed by atoms with Crippen molar-refractivity contribution >= 4 is 0 Å². The van der Waals surface area contributed by atoms with Gasteiger partial charge in [-0.15, -0.1) is 0 Å². The minimum Gasteiger partial charge on any atom is -0.504 e. The summed E-state index contributed by atoms with van der Waals surface area (Å²) in [5.74, 6) is -0.643. The summed E-state index contributed by atoms with van der Waals surface area (Å²) >= 11 is 0. The van der Waals surface area contributed by atoms with Crippen molar-refractivity contribution in [1.82, 2.24) is 0 Å². The first-order valence-corrected chi connectivity index (χ1v) is 5.23. The molecule has 0 fully saturated rings. The van der Waals surface area contributed by atoms with Crippen molar-refractivity contribution in [2.45, 2.75) is 6.18 Å². The molecule has 0 saturated heterocycles. The van der Waals surface area contributed by atoms with Gasteiger partial charge in [0.15, 0.2) is 11.5 Å². The Morgan fingerprint density at radius 1 is 0.842 bits per heavy atom. The van der Waals surface area contributed by atoms with E-state index in [4.69, 9.17) is 9.84 Å². The highest BCUT2D eigenvalue weighted by Gasteiger charge is 2.30. The van der Waals surface area contributed by atoms with E-state index in [9.17, 15) is 18.3 Å². The summed E-state index contributed by atoms with van der Waals surface area (Å²) in [4.78, 5) is 0. The number of halogens is 3. The number of alkyl halides is 3. The lowest BCUT2D eigenvalue weighted by atomic mass is 10.2. The van der Waals surface area contributed by atoms with Crippen molar-refractivity contribution in [2.24, 2.45) is 0 Å². The number of phenolic OH excluding ortho intramolecular Hbond substituents is 2. The van der Waals surface area contributed by atoms with Crippen molar-refractivity contribution in [2.75, 3.05) is 0 Å². The molecular formula is C13H9F3O3. The summed E-state index contributed by atoms with van der Waals surface area (Å²) in [6, 6.07) is 7.98. The van der Waals surface area contributed by atoms with Gasteiger partial charge >= 0.3 is 6.18 Å². The molecule has 100 valence electrons. The standard InChI is InChI=1S/C13H9F3O3/c14-13(15,16)8-2-1-3-9(6-8)19-10-4-5-11(17)12(18)7-10/h1-7,17-18H. The lowest BCUT2D eigenvalue weighted by molar-refractivity contribution is -0.137. The van der Waals surface area contributed by atoms with Crippen LogP contribution in [0.3, 0.4) is 0 Å². The Balaban J connectivity index is 2.26. The number of aromatic hydroxyl groups is 2. The summed E-state index contributed by atoms with van der Waals surface area (Å²) in [6.07, 6.45) is -4.45. The summed E-state index contributed by atoms with van der Waals surface area (Å²) in [5, 5.41) is 18.4. The third-order valence-electron chi connectivity index (χ3n) is 2.34. The van der Waals surface area contributed by atoms with E-state index in [0.717, 1.165) is 18.2 Å². The van der Waals surface area contributed by atoms with Crippen molar-refractivity contribution in [3.05, 3.63) is 48.0 Å². The second kappa shape index (κ2) is 4.72. The topological polar surface area (TPSA) is 49.7 Å². The molecular weight excluding hydrogens is 261 g/mol. The highest BCUT2D eigenvalue weighted by molar-refractivity contribution is 5.45. The molecule has 2 aromatic rings. The molecule has 0 aliphatic heterocycles.